The van der Waals surface area contributed by atoms with Crippen LogP contribution in [0.5, 0.6) is 0 Å². The fraction of sp³-hybridized carbons (Fsp3) is 0.517. The molecule has 3 aromatic rings. The van der Waals surface area contributed by atoms with Gasteiger partial charge in [0.05, 0.1) is 24.9 Å². The molecule has 3 saturated heterocycles. The third-order valence-corrected chi connectivity index (χ3v) is 10.1. The van der Waals surface area contributed by atoms with Crippen molar-refractivity contribution in [3.63, 3.8) is 0 Å². The fourth-order valence-electron chi connectivity index (χ4n) is 6.77. The zero-order valence-corrected chi connectivity index (χ0v) is 21.2. The van der Waals surface area contributed by atoms with E-state index in [1.807, 2.05) is 42.1 Å². The van der Waals surface area contributed by atoms with Crippen LogP contribution in [0.25, 0.3) is 0 Å². The molecule has 6 heteroatoms. The molecule has 7 rings (SSSR count). The zero-order valence-electron chi connectivity index (χ0n) is 20.4. The van der Waals surface area contributed by atoms with Crippen LogP contribution < -0.4 is 0 Å². The van der Waals surface area contributed by atoms with Crippen LogP contribution in [-0.2, 0) is 12.1 Å². The van der Waals surface area contributed by atoms with Gasteiger partial charge in [-0.05, 0) is 42.4 Å². The molecule has 4 heterocycles. The van der Waals surface area contributed by atoms with Crippen molar-refractivity contribution in [3.8, 4) is 0 Å². The summed E-state index contributed by atoms with van der Waals surface area (Å²) in [6.45, 7) is 4.27. The van der Waals surface area contributed by atoms with Gasteiger partial charge >= 0.3 is 0 Å². The summed E-state index contributed by atoms with van der Waals surface area (Å²) >= 11 is 2.04. The summed E-state index contributed by atoms with van der Waals surface area (Å²) in [4.78, 5) is 6.26. The van der Waals surface area contributed by atoms with E-state index in [4.69, 9.17) is 9.51 Å². The third kappa shape index (κ3) is 4.56. The van der Waals surface area contributed by atoms with E-state index < -0.39 is 5.60 Å². The highest BCUT2D eigenvalue weighted by atomic mass is 32.2. The van der Waals surface area contributed by atoms with Crippen LogP contribution in [0.4, 0.5) is 0 Å². The number of piperidine rings is 3. The van der Waals surface area contributed by atoms with Gasteiger partial charge in [0.2, 0.25) is 5.82 Å². The summed E-state index contributed by atoms with van der Waals surface area (Å²) in [5.41, 5.74) is -0.311. The van der Waals surface area contributed by atoms with Crippen molar-refractivity contribution >= 4 is 11.8 Å². The number of rotatable bonds is 7. The van der Waals surface area contributed by atoms with E-state index in [-0.39, 0.29) is 5.92 Å². The summed E-state index contributed by atoms with van der Waals surface area (Å²) in [6, 6.07) is 20.8. The SMILES string of the molecule is OC(c1ccccc1)(c1noc(C[N+]23CCC(CC2)[C@@H](Sc2ccccc2)C3)n1)C1CCCCC1. The third-order valence-electron chi connectivity index (χ3n) is 8.76. The summed E-state index contributed by atoms with van der Waals surface area (Å²) in [5, 5.41) is 17.2. The predicted octanol–water partition coefficient (Wildman–Crippen LogP) is 5.79. The van der Waals surface area contributed by atoms with Gasteiger partial charge in [0, 0.05) is 17.7 Å². The van der Waals surface area contributed by atoms with Crippen molar-refractivity contribution in [2.75, 3.05) is 19.6 Å². The first-order valence-corrected chi connectivity index (χ1v) is 14.2. The van der Waals surface area contributed by atoms with Crippen LogP contribution in [0.3, 0.4) is 0 Å². The molecule has 2 aromatic carbocycles. The van der Waals surface area contributed by atoms with Crippen molar-refractivity contribution in [1.82, 2.24) is 10.1 Å². The molecular formula is C29H36N3O2S+. The Balaban J connectivity index is 1.24. The molecule has 3 aliphatic heterocycles. The van der Waals surface area contributed by atoms with Crippen molar-refractivity contribution in [1.29, 1.82) is 0 Å². The van der Waals surface area contributed by atoms with Crippen LogP contribution in [0.2, 0.25) is 0 Å². The van der Waals surface area contributed by atoms with E-state index in [2.05, 4.69) is 35.5 Å². The fourth-order valence-corrected chi connectivity index (χ4v) is 8.29. The first-order chi connectivity index (χ1) is 17.1. The van der Waals surface area contributed by atoms with Crippen LogP contribution >= 0.6 is 11.8 Å². The number of benzene rings is 2. The second-order valence-corrected chi connectivity index (χ2v) is 12.2. The van der Waals surface area contributed by atoms with E-state index >= 15 is 0 Å². The normalized spacial score (nSPS) is 28.6. The van der Waals surface area contributed by atoms with E-state index in [1.54, 1.807) is 0 Å². The molecule has 1 aromatic heterocycles. The molecule has 0 amide bonds. The minimum Gasteiger partial charge on any atom is -0.377 e. The molecule has 2 atom stereocenters. The van der Waals surface area contributed by atoms with Crippen LogP contribution in [0.1, 0.15) is 62.2 Å². The second-order valence-electron chi connectivity index (χ2n) is 10.9. The molecule has 1 saturated carbocycles. The second kappa shape index (κ2) is 9.72. The molecule has 35 heavy (non-hydrogen) atoms. The van der Waals surface area contributed by atoms with Crippen molar-refractivity contribution in [2.24, 2.45) is 11.8 Å². The summed E-state index contributed by atoms with van der Waals surface area (Å²) in [7, 11) is 0. The first-order valence-electron chi connectivity index (χ1n) is 13.3. The maximum Gasteiger partial charge on any atom is 0.282 e. The predicted molar refractivity (Wildman–Crippen MR) is 138 cm³/mol. The Kier molecular flexibility index (Phi) is 6.46. The number of fused-ring (bicyclic) bond motifs is 3. The standard InChI is InChI=1S/C29H36N3O2S/c33-29(23-10-4-1-5-11-23,24-12-6-2-7-13-24)28-30-27(34-31-28)21-32-18-16-22(17-19-32)26(20-32)35-25-14-8-3-9-15-25/h1,3-5,8-11,14-15,22,24,26,33H,2,6-7,12-13,16-21H2/q+1/t22?,26-,29?,32?/m0/s1. The lowest BCUT2D eigenvalue weighted by Crippen LogP contribution is -2.62. The summed E-state index contributed by atoms with van der Waals surface area (Å²) in [5.74, 6) is 2.04. The number of quaternary nitrogens is 1. The maximum absolute atomic E-state index is 12.1. The Morgan fingerprint density at radius 2 is 1.60 bits per heavy atom. The summed E-state index contributed by atoms with van der Waals surface area (Å²) < 4.78 is 6.90. The van der Waals surface area contributed by atoms with E-state index in [0.717, 1.165) is 54.7 Å². The van der Waals surface area contributed by atoms with Crippen molar-refractivity contribution < 1.29 is 14.1 Å². The van der Waals surface area contributed by atoms with Gasteiger partial charge in [0.15, 0.2) is 12.1 Å². The molecule has 0 spiro atoms. The van der Waals surface area contributed by atoms with Crippen LogP contribution in [0.15, 0.2) is 70.1 Å². The van der Waals surface area contributed by atoms with Gasteiger partial charge in [-0.25, -0.2) is 0 Å². The number of nitrogens with zero attached hydrogens (tertiary/aromatic N) is 3. The van der Waals surface area contributed by atoms with Gasteiger partial charge in [-0.2, -0.15) is 4.98 Å². The Labute approximate surface area is 212 Å². The number of hydrogen-bond donors (Lipinski definition) is 1. The Hall–Kier alpha value is -2.15. The number of thioether (sulfide) groups is 1. The van der Waals surface area contributed by atoms with Gasteiger partial charge in [-0.1, -0.05) is 73.0 Å². The summed E-state index contributed by atoms with van der Waals surface area (Å²) in [6.07, 6.45) is 8.05. The number of hydrogen-bond acceptors (Lipinski definition) is 5. The van der Waals surface area contributed by atoms with Crippen LogP contribution in [-0.4, -0.2) is 44.6 Å². The molecule has 184 valence electrons. The maximum atomic E-state index is 12.1. The molecule has 5 nitrogen and oxygen atoms in total. The van der Waals surface area contributed by atoms with Gasteiger partial charge in [0.1, 0.15) is 0 Å². The molecule has 4 aliphatic rings. The first kappa shape index (κ1) is 23.3. The average Bonchev–Trinajstić information content (AvgIpc) is 3.39. The Bertz CT molecular complexity index is 1110. The molecule has 2 bridgehead atoms. The molecular weight excluding hydrogens is 454 g/mol. The topological polar surface area (TPSA) is 59.2 Å². The molecule has 0 radical (unpaired) electrons. The smallest absolute Gasteiger partial charge is 0.282 e. The highest BCUT2D eigenvalue weighted by molar-refractivity contribution is 8.00. The lowest BCUT2D eigenvalue weighted by molar-refractivity contribution is -0.955. The quantitative estimate of drug-likeness (QED) is 0.425. The Morgan fingerprint density at radius 3 is 2.31 bits per heavy atom. The molecule has 1 aliphatic carbocycles. The van der Waals surface area contributed by atoms with Crippen LogP contribution in [0, 0.1) is 11.8 Å². The minimum atomic E-state index is -1.19. The largest absolute Gasteiger partial charge is 0.377 e. The van der Waals surface area contributed by atoms with E-state index in [1.165, 1.54) is 37.2 Å². The van der Waals surface area contributed by atoms with E-state index in [0.29, 0.717) is 17.0 Å². The van der Waals surface area contributed by atoms with E-state index in [9.17, 15) is 5.11 Å². The molecule has 4 fully saturated rings. The van der Waals surface area contributed by atoms with Gasteiger partial charge < -0.3 is 14.1 Å². The average molecular weight is 491 g/mol. The van der Waals surface area contributed by atoms with Gasteiger partial charge in [0.25, 0.3) is 5.89 Å². The monoisotopic (exact) mass is 490 g/mol. The van der Waals surface area contributed by atoms with Gasteiger partial charge in [-0.3, -0.25) is 0 Å². The van der Waals surface area contributed by atoms with Crippen molar-refractivity contribution in [3.05, 3.63) is 77.9 Å². The Morgan fingerprint density at radius 1 is 0.914 bits per heavy atom. The lowest BCUT2D eigenvalue weighted by atomic mass is 9.73. The van der Waals surface area contributed by atoms with Crippen molar-refractivity contribution in [2.45, 2.75) is 67.2 Å². The highest BCUT2D eigenvalue weighted by Gasteiger charge is 2.48. The molecule has 1 N–H and O–H groups in total. The number of aliphatic hydroxyl groups is 1. The highest BCUT2D eigenvalue weighted by Crippen LogP contribution is 2.45. The van der Waals surface area contributed by atoms with Gasteiger partial charge in [-0.15, -0.1) is 11.8 Å². The zero-order chi connectivity index (χ0) is 23.7. The lowest BCUT2D eigenvalue weighted by Gasteiger charge is -2.51. The molecule has 1 unspecified atom stereocenters. The number of aromatic nitrogens is 2. The minimum absolute atomic E-state index is 0.119.